The Kier molecular flexibility index (Phi) is 4.64. The Bertz CT molecular complexity index is 693. The summed E-state index contributed by atoms with van der Waals surface area (Å²) in [5.41, 5.74) is 1.64. The fourth-order valence-electron chi connectivity index (χ4n) is 1.93. The lowest BCUT2D eigenvalue weighted by Gasteiger charge is -2.13. The lowest BCUT2D eigenvalue weighted by atomic mass is 10.1. The van der Waals surface area contributed by atoms with Crippen LogP contribution in [0.3, 0.4) is 0 Å². The number of rotatable bonds is 6. The molecule has 1 aromatic heterocycles. The topological polar surface area (TPSA) is 84.2 Å². The van der Waals surface area contributed by atoms with Crippen molar-refractivity contribution < 1.29 is 12.8 Å². The highest BCUT2D eigenvalue weighted by Gasteiger charge is 2.17. The summed E-state index contributed by atoms with van der Waals surface area (Å²) in [6.45, 7) is 6.63. The van der Waals surface area contributed by atoms with Crippen LogP contribution >= 0.6 is 0 Å². The quantitative estimate of drug-likeness (QED) is 0.856. The average molecular weight is 309 g/mol. The summed E-state index contributed by atoms with van der Waals surface area (Å²) in [4.78, 5) is 4.10. The summed E-state index contributed by atoms with van der Waals surface area (Å²) in [6.07, 6.45) is 1.39. The van der Waals surface area contributed by atoms with Gasteiger partial charge in [-0.2, -0.15) is 4.98 Å². The molecule has 7 heteroatoms. The average Bonchev–Trinajstić information content (AvgIpc) is 2.84. The van der Waals surface area contributed by atoms with Crippen LogP contribution < -0.4 is 10.0 Å². The van der Waals surface area contributed by atoms with Gasteiger partial charge in [-0.3, -0.25) is 0 Å². The molecule has 1 atom stereocenters. The molecule has 0 radical (unpaired) electrons. The highest BCUT2D eigenvalue weighted by Crippen LogP contribution is 2.18. The molecular weight excluding hydrogens is 290 g/mol. The number of sulfonamides is 1. The van der Waals surface area contributed by atoms with Gasteiger partial charge in [0.25, 0.3) is 10.0 Å². The van der Waals surface area contributed by atoms with Crippen LogP contribution in [0.2, 0.25) is 0 Å². The second-order valence-electron chi connectivity index (χ2n) is 4.75. The Morgan fingerprint density at radius 2 is 1.95 bits per heavy atom. The number of aryl methyl sites for hydroxylation is 1. The molecule has 114 valence electrons. The normalized spacial score (nSPS) is 13.1. The van der Waals surface area contributed by atoms with Crippen molar-refractivity contribution in [3.05, 3.63) is 41.8 Å². The van der Waals surface area contributed by atoms with Crippen LogP contribution in [0.25, 0.3) is 0 Å². The van der Waals surface area contributed by atoms with Crippen molar-refractivity contribution in [3.63, 3.8) is 0 Å². The van der Waals surface area contributed by atoms with Gasteiger partial charge >= 0.3 is 6.01 Å². The van der Waals surface area contributed by atoms with Gasteiger partial charge in [-0.25, -0.2) is 13.1 Å². The molecule has 2 aromatic rings. The van der Waals surface area contributed by atoms with Crippen molar-refractivity contribution in [2.75, 3.05) is 11.3 Å². The third-order valence-corrected chi connectivity index (χ3v) is 4.38. The van der Waals surface area contributed by atoms with Gasteiger partial charge in [-0.15, -0.1) is 0 Å². The predicted molar refractivity (Wildman–Crippen MR) is 80.6 cm³/mol. The Morgan fingerprint density at radius 3 is 2.48 bits per heavy atom. The maximum atomic E-state index is 12.2. The summed E-state index contributed by atoms with van der Waals surface area (Å²) < 4.78 is 31.7. The molecule has 0 fully saturated rings. The van der Waals surface area contributed by atoms with Gasteiger partial charge in [0.1, 0.15) is 6.26 Å². The number of aromatic nitrogens is 1. The van der Waals surface area contributed by atoms with E-state index in [1.807, 2.05) is 13.8 Å². The van der Waals surface area contributed by atoms with Gasteiger partial charge in [0, 0.05) is 6.04 Å². The Hall–Kier alpha value is -1.86. The van der Waals surface area contributed by atoms with Gasteiger partial charge < -0.3 is 9.73 Å². The van der Waals surface area contributed by atoms with Gasteiger partial charge in [0.15, 0.2) is 0 Å². The summed E-state index contributed by atoms with van der Waals surface area (Å²) in [7, 11) is -3.68. The lowest BCUT2D eigenvalue weighted by Crippen LogP contribution is -2.18. The van der Waals surface area contributed by atoms with E-state index in [4.69, 9.17) is 4.42 Å². The molecule has 6 nitrogen and oxygen atoms in total. The molecule has 21 heavy (non-hydrogen) atoms. The predicted octanol–water partition coefficient (Wildman–Crippen LogP) is 2.45. The van der Waals surface area contributed by atoms with Gasteiger partial charge in [0.2, 0.25) is 0 Å². The number of nitrogens with one attached hydrogen (secondary N) is 2. The summed E-state index contributed by atoms with van der Waals surface area (Å²) in [6, 6.07) is 6.88. The minimum absolute atomic E-state index is 0.0300. The number of anilines is 1. The first-order valence-electron chi connectivity index (χ1n) is 6.70. The van der Waals surface area contributed by atoms with Crippen LogP contribution in [0.5, 0.6) is 0 Å². The summed E-state index contributed by atoms with van der Waals surface area (Å²) in [5.74, 6) is 0. The van der Waals surface area contributed by atoms with Crippen LogP contribution in [0.4, 0.5) is 6.01 Å². The molecular formula is C14H19N3O3S. The van der Waals surface area contributed by atoms with Crippen LogP contribution in [0, 0.1) is 6.92 Å². The molecule has 0 amide bonds. The first-order chi connectivity index (χ1) is 9.92. The lowest BCUT2D eigenvalue weighted by molar-refractivity contribution is 0.569. The number of nitrogens with zero attached hydrogens (tertiary/aromatic N) is 1. The van der Waals surface area contributed by atoms with E-state index in [9.17, 15) is 8.42 Å². The van der Waals surface area contributed by atoms with Crippen molar-refractivity contribution in [3.8, 4) is 0 Å². The van der Waals surface area contributed by atoms with E-state index in [0.29, 0.717) is 5.69 Å². The van der Waals surface area contributed by atoms with Crippen LogP contribution in [-0.4, -0.2) is 19.9 Å². The Balaban J connectivity index is 2.17. The van der Waals surface area contributed by atoms with Gasteiger partial charge in [0.05, 0.1) is 10.6 Å². The van der Waals surface area contributed by atoms with Gasteiger partial charge in [-0.1, -0.05) is 19.1 Å². The smallest absolute Gasteiger partial charge is 0.309 e. The van der Waals surface area contributed by atoms with E-state index in [0.717, 1.165) is 12.1 Å². The summed E-state index contributed by atoms with van der Waals surface area (Å²) in [5, 5.41) is 3.27. The number of hydrogen-bond donors (Lipinski definition) is 2. The zero-order valence-corrected chi connectivity index (χ0v) is 13.1. The van der Waals surface area contributed by atoms with Gasteiger partial charge in [-0.05, 0) is 38.1 Å². The molecule has 0 saturated carbocycles. The molecule has 0 saturated heterocycles. The second kappa shape index (κ2) is 6.28. The largest absolute Gasteiger partial charge is 0.431 e. The Morgan fingerprint density at radius 1 is 1.29 bits per heavy atom. The van der Waals surface area contributed by atoms with E-state index >= 15 is 0 Å². The van der Waals surface area contributed by atoms with E-state index in [2.05, 4.69) is 15.0 Å². The SMILES string of the molecule is CCNC(C)c1ccc(S(=O)(=O)Nc2nc(C)co2)cc1. The maximum Gasteiger partial charge on any atom is 0.309 e. The summed E-state index contributed by atoms with van der Waals surface area (Å²) >= 11 is 0. The molecule has 1 heterocycles. The molecule has 1 unspecified atom stereocenters. The maximum absolute atomic E-state index is 12.2. The van der Waals surface area contributed by atoms with Crippen molar-refractivity contribution in [2.24, 2.45) is 0 Å². The minimum Gasteiger partial charge on any atom is -0.431 e. The standard InChI is InChI=1S/C14H19N3O3S/c1-4-15-11(3)12-5-7-13(8-6-12)21(18,19)17-14-16-10(2)9-20-14/h5-9,11,15H,4H2,1-3H3,(H,16,17). The molecule has 0 aliphatic rings. The van der Waals surface area contributed by atoms with E-state index in [-0.39, 0.29) is 17.0 Å². The van der Waals surface area contributed by atoms with Crippen molar-refractivity contribution in [2.45, 2.75) is 31.7 Å². The zero-order valence-electron chi connectivity index (χ0n) is 12.3. The molecule has 0 aliphatic carbocycles. The van der Waals surface area contributed by atoms with Crippen LogP contribution in [0.15, 0.2) is 39.8 Å². The van der Waals surface area contributed by atoms with Crippen LogP contribution in [0.1, 0.15) is 31.1 Å². The fourth-order valence-corrected chi connectivity index (χ4v) is 2.87. The van der Waals surface area contributed by atoms with E-state index in [1.165, 1.54) is 6.26 Å². The highest BCUT2D eigenvalue weighted by molar-refractivity contribution is 7.92. The number of oxazole rings is 1. The van der Waals surface area contributed by atoms with E-state index < -0.39 is 10.0 Å². The van der Waals surface area contributed by atoms with Crippen LogP contribution in [-0.2, 0) is 10.0 Å². The molecule has 2 N–H and O–H groups in total. The zero-order chi connectivity index (χ0) is 15.5. The fraction of sp³-hybridized carbons (Fsp3) is 0.357. The first kappa shape index (κ1) is 15.5. The molecule has 0 bridgehead atoms. The Labute approximate surface area is 124 Å². The highest BCUT2D eigenvalue weighted by atomic mass is 32.2. The molecule has 0 aliphatic heterocycles. The second-order valence-corrected chi connectivity index (χ2v) is 6.43. The third-order valence-electron chi connectivity index (χ3n) is 3.04. The third kappa shape index (κ3) is 3.83. The van der Waals surface area contributed by atoms with E-state index in [1.54, 1.807) is 31.2 Å². The minimum atomic E-state index is -3.68. The molecule has 2 rings (SSSR count). The van der Waals surface area contributed by atoms with Crippen molar-refractivity contribution >= 4 is 16.0 Å². The first-order valence-corrected chi connectivity index (χ1v) is 8.19. The number of benzene rings is 1. The molecule has 1 aromatic carbocycles. The van der Waals surface area contributed by atoms with Crippen molar-refractivity contribution in [1.82, 2.24) is 10.3 Å². The number of hydrogen-bond acceptors (Lipinski definition) is 5. The monoisotopic (exact) mass is 309 g/mol. The van der Waals surface area contributed by atoms with Crippen molar-refractivity contribution in [1.29, 1.82) is 0 Å². The molecule has 0 spiro atoms.